The van der Waals surface area contributed by atoms with Gasteiger partial charge in [-0.05, 0) is 51.7 Å². The number of piperidine rings is 1. The molecular weight excluding hydrogens is 330 g/mol. The summed E-state index contributed by atoms with van der Waals surface area (Å²) in [5.74, 6) is 1.02. The second kappa shape index (κ2) is 7.35. The highest BCUT2D eigenvalue weighted by Gasteiger charge is 2.27. The Kier molecular flexibility index (Phi) is 5.15. The lowest BCUT2D eigenvalue weighted by molar-refractivity contribution is 0.0177. The molecule has 2 aromatic rings. The van der Waals surface area contributed by atoms with Gasteiger partial charge >= 0.3 is 6.09 Å². The van der Waals surface area contributed by atoms with Crippen LogP contribution >= 0.6 is 0 Å². The number of anilines is 1. The Labute approximate surface area is 154 Å². The van der Waals surface area contributed by atoms with E-state index < -0.39 is 5.60 Å². The van der Waals surface area contributed by atoms with Crippen molar-refractivity contribution in [2.24, 2.45) is 5.92 Å². The molecule has 0 bridgehead atoms. The van der Waals surface area contributed by atoms with E-state index >= 15 is 0 Å². The fourth-order valence-corrected chi connectivity index (χ4v) is 3.08. The highest BCUT2D eigenvalue weighted by Crippen LogP contribution is 2.23. The van der Waals surface area contributed by atoms with Gasteiger partial charge in [0.25, 0.3) is 0 Å². The second-order valence-corrected chi connectivity index (χ2v) is 7.83. The number of nitrogens with two attached hydrogens (primary N) is 1. The Morgan fingerprint density at radius 1 is 1.23 bits per heavy atom. The standard InChI is InChI=1S/C19H27N5O2/c1-19(2,3)26-18(25)23-8-6-14(7-9-23)12-24-13-16(11-22-24)15-4-5-17(20)21-10-15/h4-5,10-11,13-14H,6-9,12H2,1-3H3,(H2,20,21). The maximum atomic E-state index is 12.1. The monoisotopic (exact) mass is 357 g/mol. The Hall–Kier alpha value is -2.57. The van der Waals surface area contributed by atoms with Crippen LogP contribution in [-0.4, -0.2) is 44.4 Å². The highest BCUT2D eigenvalue weighted by molar-refractivity contribution is 5.68. The smallest absolute Gasteiger partial charge is 0.410 e. The highest BCUT2D eigenvalue weighted by atomic mass is 16.6. The molecule has 140 valence electrons. The Balaban J connectivity index is 1.52. The minimum Gasteiger partial charge on any atom is -0.444 e. The van der Waals surface area contributed by atoms with Crippen LogP contribution in [0.5, 0.6) is 0 Å². The van der Waals surface area contributed by atoms with Crippen LogP contribution in [0.3, 0.4) is 0 Å². The van der Waals surface area contributed by atoms with Crippen molar-refractivity contribution in [3.8, 4) is 11.1 Å². The molecule has 2 aromatic heterocycles. The zero-order chi connectivity index (χ0) is 18.7. The fraction of sp³-hybridized carbons (Fsp3) is 0.526. The molecule has 1 fully saturated rings. The van der Waals surface area contributed by atoms with Crippen LogP contribution < -0.4 is 5.73 Å². The zero-order valence-corrected chi connectivity index (χ0v) is 15.7. The number of amides is 1. The van der Waals surface area contributed by atoms with Crippen LogP contribution in [-0.2, 0) is 11.3 Å². The fourth-order valence-electron chi connectivity index (χ4n) is 3.08. The molecule has 1 aliphatic heterocycles. The summed E-state index contributed by atoms with van der Waals surface area (Å²) >= 11 is 0. The van der Waals surface area contributed by atoms with E-state index in [0.717, 1.165) is 43.6 Å². The molecule has 1 amide bonds. The first kappa shape index (κ1) is 18.2. The molecule has 7 heteroatoms. The van der Waals surface area contributed by atoms with Crippen molar-refractivity contribution in [1.29, 1.82) is 0 Å². The van der Waals surface area contributed by atoms with Gasteiger partial charge in [-0.3, -0.25) is 4.68 Å². The van der Waals surface area contributed by atoms with Crippen molar-refractivity contribution in [3.05, 3.63) is 30.7 Å². The van der Waals surface area contributed by atoms with Crippen LogP contribution in [0.2, 0.25) is 0 Å². The number of ether oxygens (including phenoxy) is 1. The molecule has 0 aliphatic carbocycles. The van der Waals surface area contributed by atoms with E-state index in [0.29, 0.717) is 11.7 Å². The number of pyridine rings is 1. The Morgan fingerprint density at radius 2 is 1.96 bits per heavy atom. The van der Waals surface area contributed by atoms with E-state index in [4.69, 9.17) is 10.5 Å². The summed E-state index contributed by atoms with van der Waals surface area (Å²) in [5.41, 5.74) is 7.22. The predicted octanol–water partition coefficient (Wildman–Crippen LogP) is 3.17. The Bertz CT molecular complexity index is 740. The first-order valence-corrected chi connectivity index (χ1v) is 9.02. The van der Waals surface area contributed by atoms with Gasteiger partial charge in [0.2, 0.25) is 0 Å². The first-order valence-electron chi connectivity index (χ1n) is 9.02. The van der Waals surface area contributed by atoms with Crippen LogP contribution in [0.4, 0.5) is 10.6 Å². The summed E-state index contributed by atoms with van der Waals surface area (Å²) in [6.07, 6.45) is 7.34. The SMILES string of the molecule is CC(C)(C)OC(=O)N1CCC(Cn2cc(-c3ccc(N)nc3)cn2)CC1. The lowest BCUT2D eigenvalue weighted by Crippen LogP contribution is -2.42. The van der Waals surface area contributed by atoms with Gasteiger partial charge in [0, 0.05) is 43.2 Å². The van der Waals surface area contributed by atoms with Crippen LogP contribution in [0.25, 0.3) is 11.1 Å². The van der Waals surface area contributed by atoms with Gasteiger partial charge in [0.1, 0.15) is 11.4 Å². The number of rotatable bonds is 3. The first-order chi connectivity index (χ1) is 12.3. The van der Waals surface area contributed by atoms with Crippen molar-refractivity contribution in [2.45, 2.75) is 45.8 Å². The quantitative estimate of drug-likeness (QED) is 0.912. The summed E-state index contributed by atoms with van der Waals surface area (Å²) in [5, 5.41) is 4.46. The lowest BCUT2D eigenvalue weighted by atomic mass is 9.97. The van der Waals surface area contributed by atoms with Crippen LogP contribution in [0.15, 0.2) is 30.7 Å². The van der Waals surface area contributed by atoms with E-state index in [1.165, 1.54) is 0 Å². The second-order valence-electron chi connectivity index (χ2n) is 7.83. The van der Waals surface area contributed by atoms with Crippen molar-refractivity contribution >= 4 is 11.9 Å². The molecule has 0 aromatic carbocycles. The average molecular weight is 357 g/mol. The number of hydrogen-bond donors (Lipinski definition) is 1. The van der Waals surface area contributed by atoms with E-state index in [9.17, 15) is 4.79 Å². The molecule has 3 heterocycles. The third-order valence-corrected chi connectivity index (χ3v) is 4.46. The summed E-state index contributed by atoms with van der Waals surface area (Å²) in [4.78, 5) is 18.1. The molecule has 0 atom stereocenters. The normalized spacial score (nSPS) is 15.9. The molecule has 7 nitrogen and oxygen atoms in total. The molecule has 1 saturated heterocycles. The summed E-state index contributed by atoms with van der Waals surface area (Å²) in [7, 11) is 0. The van der Waals surface area contributed by atoms with Crippen molar-refractivity contribution < 1.29 is 9.53 Å². The van der Waals surface area contributed by atoms with Gasteiger partial charge in [-0.25, -0.2) is 9.78 Å². The predicted molar refractivity (Wildman–Crippen MR) is 100 cm³/mol. The van der Waals surface area contributed by atoms with Crippen molar-refractivity contribution in [3.63, 3.8) is 0 Å². The number of carbonyl (C=O) groups is 1. The van der Waals surface area contributed by atoms with Crippen LogP contribution in [0, 0.1) is 5.92 Å². The van der Waals surface area contributed by atoms with E-state index in [2.05, 4.69) is 10.1 Å². The number of nitrogens with zero attached hydrogens (tertiary/aromatic N) is 4. The van der Waals surface area contributed by atoms with Gasteiger partial charge < -0.3 is 15.4 Å². The minimum atomic E-state index is -0.448. The molecule has 0 radical (unpaired) electrons. The third-order valence-electron chi connectivity index (χ3n) is 4.46. The summed E-state index contributed by atoms with van der Waals surface area (Å²) in [6, 6.07) is 3.74. The number of likely N-dealkylation sites (tertiary alicyclic amines) is 1. The molecule has 2 N–H and O–H groups in total. The van der Waals surface area contributed by atoms with Gasteiger partial charge in [-0.1, -0.05) is 0 Å². The zero-order valence-electron chi connectivity index (χ0n) is 15.7. The lowest BCUT2D eigenvalue weighted by Gasteiger charge is -2.33. The van der Waals surface area contributed by atoms with E-state index in [1.807, 2.05) is 43.9 Å². The molecule has 1 aliphatic rings. The van der Waals surface area contributed by atoms with E-state index in [-0.39, 0.29) is 6.09 Å². The molecule has 0 saturated carbocycles. The molecule has 0 unspecified atom stereocenters. The summed E-state index contributed by atoms with van der Waals surface area (Å²) < 4.78 is 7.42. The van der Waals surface area contributed by atoms with Crippen molar-refractivity contribution in [2.75, 3.05) is 18.8 Å². The molecule has 26 heavy (non-hydrogen) atoms. The molecule has 3 rings (SSSR count). The van der Waals surface area contributed by atoms with Crippen molar-refractivity contribution in [1.82, 2.24) is 19.7 Å². The maximum absolute atomic E-state index is 12.1. The topological polar surface area (TPSA) is 86.3 Å². The molecule has 0 spiro atoms. The van der Waals surface area contributed by atoms with Gasteiger partial charge in [-0.2, -0.15) is 5.10 Å². The largest absolute Gasteiger partial charge is 0.444 e. The average Bonchev–Trinajstić information content (AvgIpc) is 3.03. The number of aromatic nitrogens is 3. The maximum Gasteiger partial charge on any atom is 0.410 e. The minimum absolute atomic E-state index is 0.215. The molecular formula is C19H27N5O2. The third kappa shape index (κ3) is 4.74. The summed E-state index contributed by atoms with van der Waals surface area (Å²) in [6.45, 7) is 7.99. The Morgan fingerprint density at radius 3 is 2.58 bits per heavy atom. The number of nitrogen functional groups attached to an aromatic ring is 1. The number of carbonyl (C=O) groups excluding carboxylic acids is 1. The van der Waals surface area contributed by atoms with E-state index in [1.54, 1.807) is 17.2 Å². The number of hydrogen-bond acceptors (Lipinski definition) is 5. The van der Waals surface area contributed by atoms with Gasteiger partial charge in [-0.15, -0.1) is 0 Å². The van der Waals surface area contributed by atoms with Gasteiger partial charge in [0.05, 0.1) is 6.20 Å². The van der Waals surface area contributed by atoms with Gasteiger partial charge in [0.15, 0.2) is 0 Å². The van der Waals surface area contributed by atoms with Crippen LogP contribution in [0.1, 0.15) is 33.6 Å².